The fourth-order valence-corrected chi connectivity index (χ4v) is 2.70. The summed E-state index contributed by atoms with van der Waals surface area (Å²) in [6.07, 6.45) is 0. The first kappa shape index (κ1) is 15.9. The Labute approximate surface area is 130 Å². The molecular formula is C14H15N3O4S. The maximum Gasteiger partial charge on any atom is 0.348 e. The van der Waals surface area contributed by atoms with E-state index < -0.39 is 11.9 Å². The number of hydrogen-bond acceptors (Lipinski definition) is 6. The van der Waals surface area contributed by atoms with E-state index in [-0.39, 0.29) is 11.3 Å². The Morgan fingerprint density at radius 1 is 1.41 bits per heavy atom. The van der Waals surface area contributed by atoms with Crippen molar-refractivity contribution in [2.75, 3.05) is 11.9 Å². The van der Waals surface area contributed by atoms with Gasteiger partial charge in [-0.3, -0.25) is 9.59 Å². The molecule has 2 rings (SSSR count). The number of ether oxygens (including phenoxy) is 1. The minimum absolute atomic E-state index is 0.117. The molecular weight excluding hydrogens is 306 g/mol. The first-order chi connectivity index (χ1) is 10.4. The molecule has 2 heterocycles. The van der Waals surface area contributed by atoms with Gasteiger partial charge >= 0.3 is 5.97 Å². The summed E-state index contributed by atoms with van der Waals surface area (Å²) >= 11 is 1.14. The van der Waals surface area contributed by atoms with Crippen LogP contribution in [0, 0.1) is 6.92 Å². The van der Waals surface area contributed by atoms with Gasteiger partial charge in [0, 0.05) is 13.1 Å². The van der Waals surface area contributed by atoms with E-state index in [1.165, 1.54) is 19.2 Å². The molecule has 0 aliphatic rings. The Morgan fingerprint density at radius 2 is 2.14 bits per heavy atom. The predicted molar refractivity (Wildman–Crippen MR) is 82.4 cm³/mol. The number of amides is 1. The van der Waals surface area contributed by atoms with Crippen LogP contribution in [0.4, 0.5) is 5.00 Å². The topological polar surface area (TPSA) is 90.3 Å². The summed E-state index contributed by atoms with van der Waals surface area (Å²) in [6.45, 7) is 3.79. The highest BCUT2D eigenvalue weighted by Crippen LogP contribution is 2.27. The highest BCUT2D eigenvalue weighted by atomic mass is 32.1. The molecule has 0 atom stereocenters. The Bertz CT molecular complexity index is 779. The van der Waals surface area contributed by atoms with Crippen LogP contribution in [-0.4, -0.2) is 28.3 Å². The summed E-state index contributed by atoms with van der Waals surface area (Å²) in [5.41, 5.74) is 0.547. The zero-order valence-corrected chi connectivity index (χ0v) is 13.2. The zero-order chi connectivity index (χ0) is 16.3. The summed E-state index contributed by atoms with van der Waals surface area (Å²) in [5.74, 6) is -0.863. The molecule has 0 spiro atoms. The van der Waals surface area contributed by atoms with Gasteiger partial charge in [0.15, 0.2) is 0 Å². The van der Waals surface area contributed by atoms with Gasteiger partial charge in [-0.2, -0.15) is 5.10 Å². The number of aromatic nitrogens is 2. The molecule has 0 unspecified atom stereocenters. The van der Waals surface area contributed by atoms with Crippen molar-refractivity contribution < 1.29 is 14.3 Å². The van der Waals surface area contributed by atoms with E-state index in [9.17, 15) is 14.4 Å². The molecule has 1 amide bonds. The van der Waals surface area contributed by atoms with Crippen molar-refractivity contribution in [1.29, 1.82) is 0 Å². The van der Waals surface area contributed by atoms with Gasteiger partial charge in [-0.1, -0.05) is 0 Å². The number of nitrogens with one attached hydrogen (secondary N) is 1. The van der Waals surface area contributed by atoms with Gasteiger partial charge in [0.1, 0.15) is 10.6 Å². The molecule has 0 aliphatic carbocycles. The smallest absolute Gasteiger partial charge is 0.348 e. The first-order valence-corrected chi connectivity index (χ1v) is 7.37. The number of anilines is 1. The lowest BCUT2D eigenvalue weighted by Crippen LogP contribution is -2.23. The summed E-state index contributed by atoms with van der Waals surface area (Å²) in [7, 11) is 1.47. The van der Waals surface area contributed by atoms with Crippen molar-refractivity contribution in [2.45, 2.75) is 13.8 Å². The zero-order valence-electron chi connectivity index (χ0n) is 12.4. The molecule has 2 aromatic rings. The third-order valence-electron chi connectivity index (χ3n) is 2.81. The number of carbonyl (C=O) groups is 2. The molecule has 8 heteroatoms. The highest BCUT2D eigenvalue weighted by Gasteiger charge is 2.17. The highest BCUT2D eigenvalue weighted by molar-refractivity contribution is 7.18. The summed E-state index contributed by atoms with van der Waals surface area (Å²) in [4.78, 5) is 35.5. The van der Waals surface area contributed by atoms with Crippen LogP contribution in [0.2, 0.25) is 0 Å². The molecule has 0 radical (unpaired) electrons. The maximum absolute atomic E-state index is 12.1. The number of carbonyl (C=O) groups excluding carboxylic acids is 2. The standard InChI is InChI=1S/C14H15N3O4S/c1-4-21-14(20)12-8(2)7-10(22-12)15-13(19)9-5-6-11(18)17(3)16-9/h5-7H,4H2,1-3H3,(H,15,19). The van der Waals surface area contributed by atoms with Gasteiger partial charge in [-0.05, 0) is 31.5 Å². The van der Waals surface area contributed by atoms with Crippen LogP contribution in [0.3, 0.4) is 0 Å². The van der Waals surface area contributed by atoms with E-state index in [4.69, 9.17) is 4.74 Å². The van der Waals surface area contributed by atoms with Crippen LogP contribution in [0.25, 0.3) is 0 Å². The van der Waals surface area contributed by atoms with Crippen LogP contribution >= 0.6 is 11.3 Å². The van der Waals surface area contributed by atoms with Crippen molar-refractivity contribution >= 4 is 28.2 Å². The Balaban J connectivity index is 2.18. The summed E-state index contributed by atoms with van der Waals surface area (Å²) in [6, 6.07) is 4.31. The average molecular weight is 321 g/mol. The van der Waals surface area contributed by atoms with Crippen LogP contribution < -0.4 is 10.9 Å². The molecule has 0 saturated carbocycles. The number of aryl methyl sites for hydroxylation is 2. The van der Waals surface area contributed by atoms with Crippen molar-refractivity contribution in [1.82, 2.24) is 9.78 Å². The predicted octanol–water partition coefficient (Wildman–Crippen LogP) is 1.58. The van der Waals surface area contributed by atoms with Crippen LogP contribution in [0.15, 0.2) is 23.0 Å². The summed E-state index contributed by atoms with van der Waals surface area (Å²) < 4.78 is 6.03. The van der Waals surface area contributed by atoms with E-state index in [2.05, 4.69) is 10.4 Å². The second kappa shape index (κ2) is 6.52. The van der Waals surface area contributed by atoms with Gasteiger partial charge in [0.05, 0.1) is 11.6 Å². The molecule has 116 valence electrons. The fourth-order valence-electron chi connectivity index (χ4n) is 1.74. The monoisotopic (exact) mass is 321 g/mol. The second-order valence-electron chi connectivity index (χ2n) is 4.48. The molecule has 0 aromatic carbocycles. The van der Waals surface area contributed by atoms with E-state index in [0.29, 0.717) is 16.5 Å². The Hall–Kier alpha value is -2.48. The third kappa shape index (κ3) is 3.40. The normalized spacial score (nSPS) is 10.3. The van der Waals surface area contributed by atoms with Crippen molar-refractivity contribution in [3.8, 4) is 0 Å². The van der Waals surface area contributed by atoms with Gasteiger partial charge in [0.25, 0.3) is 11.5 Å². The molecule has 0 aliphatic heterocycles. The van der Waals surface area contributed by atoms with E-state index in [1.807, 2.05) is 0 Å². The lowest BCUT2D eigenvalue weighted by molar-refractivity contribution is 0.0531. The number of nitrogens with zero attached hydrogens (tertiary/aromatic N) is 2. The fraction of sp³-hybridized carbons (Fsp3) is 0.286. The number of thiophene rings is 1. The van der Waals surface area contributed by atoms with Crippen LogP contribution in [0.5, 0.6) is 0 Å². The number of esters is 1. The number of rotatable bonds is 4. The lowest BCUT2D eigenvalue weighted by Gasteiger charge is -2.03. The van der Waals surface area contributed by atoms with Gasteiger partial charge in [0.2, 0.25) is 0 Å². The van der Waals surface area contributed by atoms with Crippen LogP contribution in [0.1, 0.15) is 32.6 Å². The molecule has 0 saturated heterocycles. The molecule has 0 fully saturated rings. The second-order valence-corrected chi connectivity index (χ2v) is 5.53. The average Bonchev–Trinajstić information content (AvgIpc) is 2.82. The number of hydrogen-bond donors (Lipinski definition) is 1. The molecule has 0 bridgehead atoms. The first-order valence-electron chi connectivity index (χ1n) is 6.55. The largest absolute Gasteiger partial charge is 0.462 e. The maximum atomic E-state index is 12.1. The van der Waals surface area contributed by atoms with E-state index in [1.54, 1.807) is 19.9 Å². The Kier molecular flexibility index (Phi) is 4.71. The van der Waals surface area contributed by atoms with Gasteiger partial charge < -0.3 is 10.1 Å². The Morgan fingerprint density at radius 3 is 2.77 bits per heavy atom. The summed E-state index contributed by atoms with van der Waals surface area (Å²) in [5, 5.41) is 7.04. The van der Waals surface area contributed by atoms with Gasteiger partial charge in [-0.15, -0.1) is 11.3 Å². The quantitative estimate of drug-likeness (QED) is 0.863. The molecule has 7 nitrogen and oxygen atoms in total. The van der Waals surface area contributed by atoms with Gasteiger partial charge in [-0.25, -0.2) is 9.48 Å². The lowest BCUT2D eigenvalue weighted by atomic mass is 10.3. The van der Waals surface area contributed by atoms with E-state index in [0.717, 1.165) is 21.6 Å². The minimum atomic E-state index is -0.452. The minimum Gasteiger partial charge on any atom is -0.462 e. The van der Waals surface area contributed by atoms with Crippen molar-refractivity contribution in [3.05, 3.63) is 44.7 Å². The van der Waals surface area contributed by atoms with Crippen molar-refractivity contribution in [3.63, 3.8) is 0 Å². The third-order valence-corrected chi connectivity index (χ3v) is 3.94. The van der Waals surface area contributed by atoms with Crippen LogP contribution in [-0.2, 0) is 11.8 Å². The van der Waals surface area contributed by atoms with E-state index >= 15 is 0 Å². The molecule has 22 heavy (non-hydrogen) atoms. The van der Waals surface area contributed by atoms with Crippen molar-refractivity contribution in [2.24, 2.45) is 7.05 Å². The molecule has 1 N–H and O–H groups in total. The molecule has 2 aromatic heterocycles. The SMILES string of the molecule is CCOC(=O)c1sc(NC(=O)c2ccc(=O)n(C)n2)cc1C.